The molecule has 0 heterocycles. The zero-order chi connectivity index (χ0) is 13.6. The molecule has 2 fully saturated rings. The normalized spacial score (nSPS) is 34.3. The van der Waals surface area contributed by atoms with Gasteiger partial charge in [-0.25, -0.2) is 0 Å². The minimum absolute atomic E-state index is 0.124. The van der Waals surface area contributed by atoms with Crippen LogP contribution in [-0.2, 0) is 28.7 Å². The van der Waals surface area contributed by atoms with E-state index in [4.69, 9.17) is 9.47 Å². The molecule has 2 saturated carbocycles. The van der Waals surface area contributed by atoms with E-state index in [1.54, 1.807) is 0 Å². The van der Waals surface area contributed by atoms with E-state index in [2.05, 4.69) is 0 Å². The summed E-state index contributed by atoms with van der Waals surface area (Å²) >= 11 is 0. The Morgan fingerprint density at radius 3 is 1.33 bits per heavy atom. The van der Waals surface area contributed by atoms with Gasteiger partial charge in [0.15, 0.2) is 0 Å². The van der Waals surface area contributed by atoms with Crippen molar-refractivity contribution in [1.82, 2.24) is 0 Å². The summed E-state index contributed by atoms with van der Waals surface area (Å²) in [5.41, 5.74) is -2.72. The molecular formula is C12H14O6. The van der Waals surface area contributed by atoms with E-state index in [0.29, 0.717) is 0 Å². The van der Waals surface area contributed by atoms with Crippen LogP contribution in [0, 0.1) is 10.8 Å². The Morgan fingerprint density at radius 1 is 0.833 bits per heavy atom. The van der Waals surface area contributed by atoms with Gasteiger partial charge >= 0.3 is 11.9 Å². The van der Waals surface area contributed by atoms with Crippen LogP contribution in [0.1, 0.15) is 25.7 Å². The molecule has 0 aliphatic heterocycles. The lowest BCUT2D eigenvalue weighted by atomic mass is 9.68. The first kappa shape index (κ1) is 12.7. The Labute approximate surface area is 104 Å². The van der Waals surface area contributed by atoms with Crippen molar-refractivity contribution in [2.24, 2.45) is 10.8 Å². The average Bonchev–Trinajstić information content (AvgIpc) is 2.75. The van der Waals surface area contributed by atoms with Gasteiger partial charge in [-0.15, -0.1) is 0 Å². The first-order valence-corrected chi connectivity index (χ1v) is 5.62. The second-order valence-electron chi connectivity index (χ2n) is 4.93. The van der Waals surface area contributed by atoms with Gasteiger partial charge in [0, 0.05) is 25.7 Å². The van der Waals surface area contributed by atoms with Gasteiger partial charge < -0.3 is 9.47 Å². The summed E-state index contributed by atoms with van der Waals surface area (Å²) in [5.74, 6) is -1.77. The molecule has 0 spiro atoms. The Hall–Kier alpha value is -1.72. The topological polar surface area (TPSA) is 86.7 Å². The molecule has 0 aromatic carbocycles. The maximum atomic E-state index is 12.0. The van der Waals surface area contributed by atoms with E-state index in [1.807, 2.05) is 0 Å². The molecule has 2 rings (SSSR count). The SMILES string of the molecule is COC(=O)C12CC(=O)CC1(C(=O)OC)CC(=O)C2. The fourth-order valence-corrected chi connectivity index (χ4v) is 3.34. The van der Waals surface area contributed by atoms with Crippen LogP contribution in [0.4, 0.5) is 0 Å². The fourth-order valence-electron chi connectivity index (χ4n) is 3.34. The van der Waals surface area contributed by atoms with E-state index in [9.17, 15) is 19.2 Å². The van der Waals surface area contributed by atoms with Crippen molar-refractivity contribution in [3.8, 4) is 0 Å². The van der Waals surface area contributed by atoms with Crippen molar-refractivity contribution in [1.29, 1.82) is 0 Å². The molecule has 0 saturated heterocycles. The van der Waals surface area contributed by atoms with Crippen molar-refractivity contribution in [2.45, 2.75) is 25.7 Å². The Balaban J connectivity index is 2.57. The molecule has 0 radical (unpaired) electrons. The maximum absolute atomic E-state index is 12.0. The molecule has 6 nitrogen and oxygen atoms in total. The zero-order valence-electron chi connectivity index (χ0n) is 10.3. The predicted octanol–water partition coefficient (Wildman–Crippen LogP) is 0.0310. The molecule has 0 atom stereocenters. The lowest BCUT2D eigenvalue weighted by Crippen LogP contribution is -2.46. The standard InChI is InChI=1S/C12H14O6/c1-17-9(15)11-3-7(13)5-12(11,10(16)18-2)6-8(14)4-11/h3-6H2,1-2H3. The van der Waals surface area contributed by atoms with Gasteiger partial charge in [0.25, 0.3) is 0 Å². The van der Waals surface area contributed by atoms with Crippen molar-refractivity contribution in [3.05, 3.63) is 0 Å². The predicted molar refractivity (Wildman–Crippen MR) is 57.4 cm³/mol. The van der Waals surface area contributed by atoms with Crippen LogP contribution in [0.15, 0.2) is 0 Å². The molecule has 0 unspecified atom stereocenters. The summed E-state index contributed by atoms with van der Waals surface area (Å²) in [4.78, 5) is 47.4. The summed E-state index contributed by atoms with van der Waals surface area (Å²) in [6.07, 6.45) is -0.498. The molecule has 6 heteroatoms. The number of hydrogen-bond acceptors (Lipinski definition) is 6. The highest BCUT2D eigenvalue weighted by molar-refractivity contribution is 6.07. The van der Waals surface area contributed by atoms with E-state index in [0.717, 1.165) is 0 Å². The third-order valence-corrected chi connectivity index (χ3v) is 4.06. The molecule has 0 aromatic heterocycles. The van der Waals surface area contributed by atoms with Gasteiger partial charge in [-0.1, -0.05) is 0 Å². The van der Waals surface area contributed by atoms with Crippen LogP contribution in [0.5, 0.6) is 0 Å². The smallest absolute Gasteiger partial charge is 0.313 e. The summed E-state index contributed by atoms with van der Waals surface area (Å²) < 4.78 is 9.41. The molecule has 0 amide bonds. The fraction of sp³-hybridized carbons (Fsp3) is 0.667. The van der Waals surface area contributed by atoms with E-state index >= 15 is 0 Å². The minimum atomic E-state index is -1.36. The maximum Gasteiger partial charge on any atom is 0.313 e. The van der Waals surface area contributed by atoms with Crippen molar-refractivity contribution in [3.63, 3.8) is 0 Å². The zero-order valence-corrected chi connectivity index (χ0v) is 10.3. The molecule has 0 N–H and O–H groups in total. The van der Waals surface area contributed by atoms with E-state index < -0.39 is 22.8 Å². The third kappa shape index (κ3) is 1.34. The lowest BCUT2D eigenvalue weighted by molar-refractivity contribution is -0.172. The highest BCUT2D eigenvalue weighted by Crippen LogP contribution is 2.61. The monoisotopic (exact) mass is 254 g/mol. The summed E-state index contributed by atoms with van der Waals surface area (Å²) in [6.45, 7) is 0. The first-order chi connectivity index (χ1) is 8.41. The van der Waals surface area contributed by atoms with Crippen LogP contribution >= 0.6 is 0 Å². The van der Waals surface area contributed by atoms with Crippen molar-refractivity contribution < 1.29 is 28.7 Å². The number of carbonyl (C=O) groups is 4. The van der Waals surface area contributed by atoms with Gasteiger partial charge in [0.2, 0.25) is 0 Å². The van der Waals surface area contributed by atoms with E-state index in [1.165, 1.54) is 14.2 Å². The molecular weight excluding hydrogens is 240 g/mol. The van der Waals surface area contributed by atoms with Crippen LogP contribution in [-0.4, -0.2) is 37.7 Å². The lowest BCUT2D eigenvalue weighted by Gasteiger charge is -2.33. The first-order valence-electron chi connectivity index (χ1n) is 5.62. The summed E-state index contributed by atoms with van der Waals surface area (Å²) in [7, 11) is 2.37. The van der Waals surface area contributed by atoms with Crippen molar-refractivity contribution in [2.75, 3.05) is 14.2 Å². The van der Waals surface area contributed by atoms with Crippen LogP contribution in [0.3, 0.4) is 0 Å². The summed E-state index contributed by atoms with van der Waals surface area (Å²) in [6, 6.07) is 0. The molecule has 98 valence electrons. The Morgan fingerprint density at radius 2 is 1.11 bits per heavy atom. The Bertz CT molecular complexity index is 391. The second kappa shape index (κ2) is 3.90. The van der Waals surface area contributed by atoms with Gasteiger partial charge in [0.1, 0.15) is 11.6 Å². The highest BCUT2D eigenvalue weighted by Gasteiger charge is 2.72. The number of carbonyl (C=O) groups excluding carboxylic acids is 4. The largest absolute Gasteiger partial charge is 0.469 e. The summed E-state index contributed by atoms with van der Waals surface area (Å²) in [5, 5.41) is 0. The number of rotatable bonds is 2. The molecule has 2 aliphatic carbocycles. The number of esters is 2. The quantitative estimate of drug-likeness (QED) is 0.646. The van der Waals surface area contributed by atoms with Gasteiger partial charge in [-0.3, -0.25) is 19.2 Å². The molecule has 2 aliphatic rings. The molecule has 0 bridgehead atoms. The number of ether oxygens (including phenoxy) is 2. The average molecular weight is 254 g/mol. The van der Waals surface area contributed by atoms with Crippen LogP contribution in [0.2, 0.25) is 0 Å². The number of fused-ring (bicyclic) bond motifs is 1. The minimum Gasteiger partial charge on any atom is -0.469 e. The number of methoxy groups -OCH3 is 2. The van der Waals surface area contributed by atoms with Gasteiger partial charge in [-0.05, 0) is 0 Å². The van der Waals surface area contributed by atoms with Gasteiger partial charge in [0.05, 0.1) is 25.0 Å². The van der Waals surface area contributed by atoms with Crippen molar-refractivity contribution >= 4 is 23.5 Å². The van der Waals surface area contributed by atoms with Crippen LogP contribution in [0.25, 0.3) is 0 Å². The molecule has 0 aromatic rings. The number of hydrogen-bond donors (Lipinski definition) is 0. The number of Topliss-reactive ketones (excluding diaryl/α,β-unsaturated/α-hetero) is 2. The van der Waals surface area contributed by atoms with E-state index in [-0.39, 0.29) is 37.2 Å². The van der Waals surface area contributed by atoms with Gasteiger partial charge in [-0.2, -0.15) is 0 Å². The second-order valence-corrected chi connectivity index (χ2v) is 4.93. The number of ketones is 2. The van der Waals surface area contributed by atoms with Crippen LogP contribution < -0.4 is 0 Å². The highest BCUT2D eigenvalue weighted by atomic mass is 16.5. The third-order valence-electron chi connectivity index (χ3n) is 4.06. The Kier molecular flexibility index (Phi) is 2.76. The molecule has 18 heavy (non-hydrogen) atoms.